The lowest BCUT2D eigenvalue weighted by atomic mass is 10.1. The maximum atomic E-state index is 14.2. The summed E-state index contributed by atoms with van der Waals surface area (Å²) in [6.45, 7) is 2.44. The molecule has 168 valence electrons. The summed E-state index contributed by atoms with van der Waals surface area (Å²) in [5.74, 6) is 1.80. The summed E-state index contributed by atoms with van der Waals surface area (Å²) in [6.07, 6.45) is -0.540. The second kappa shape index (κ2) is 9.64. The molecular weight excluding hydrogens is 443 g/mol. The Balaban J connectivity index is 1.25. The van der Waals surface area contributed by atoms with Crippen LogP contribution in [0.5, 0.6) is 11.5 Å². The maximum Gasteiger partial charge on any atom is 0.277 e. The molecule has 8 heteroatoms. The van der Waals surface area contributed by atoms with Crippen molar-refractivity contribution in [3.63, 3.8) is 0 Å². The Morgan fingerprint density at radius 2 is 1.94 bits per heavy atom. The number of aromatic nitrogens is 2. The van der Waals surface area contributed by atoms with Crippen LogP contribution in [0.3, 0.4) is 0 Å². The van der Waals surface area contributed by atoms with E-state index in [1.54, 1.807) is 0 Å². The lowest BCUT2D eigenvalue weighted by Gasteiger charge is -2.28. The highest BCUT2D eigenvalue weighted by Crippen LogP contribution is 2.38. The molecule has 0 saturated heterocycles. The number of aryl methyl sites for hydroxylation is 1. The number of rotatable bonds is 7. The molecule has 5 rings (SSSR count). The number of hydrogen-bond donors (Lipinski definition) is 0. The Labute approximate surface area is 194 Å². The molecule has 0 fully saturated rings. The molecule has 0 saturated carbocycles. The fraction of sp³-hybridized carbons (Fsp3) is 0.200. The number of ether oxygens (including phenoxy) is 3. The molecule has 33 heavy (non-hydrogen) atoms. The summed E-state index contributed by atoms with van der Waals surface area (Å²) in [7, 11) is 0. The number of fused-ring (bicyclic) bond motifs is 1. The van der Waals surface area contributed by atoms with Crippen LogP contribution in [-0.2, 0) is 23.7 Å². The second-order valence-corrected chi connectivity index (χ2v) is 8.51. The van der Waals surface area contributed by atoms with Crippen molar-refractivity contribution in [3.05, 3.63) is 101 Å². The number of thioether (sulfide) groups is 1. The molecular formula is C25H21FN2O4S. The van der Waals surface area contributed by atoms with Gasteiger partial charge in [-0.1, -0.05) is 54.2 Å². The van der Waals surface area contributed by atoms with E-state index >= 15 is 0 Å². The van der Waals surface area contributed by atoms with E-state index in [0.29, 0.717) is 33.7 Å². The Morgan fingerprint density at radius 3 is 2.79 bits per heavy atom. The Morgan fingerprint density at radius 1 is 1.06 bits per heavy atom. The van der Waals surface area contributed by atoms with Gasteiger partial charge in [0.15, 0.2) is 6.61 Å². The van der Waals surface area contributed by atoms with Crippen molar-refractivity contribution in [2.75, 3.05) is 0 Å². The van der Waals surface area contributed by atoms with E-state index < -0.39 is 6.29 Å². The summed E-state index contributed by atoms with van der Waals surface area (Å²) in [4.78, 5) is 0. The smallest absolute Gasteiger partial charge is 0.277 e. The molecule has 0 spiro atoms. The average Bonchev–Trinajstić information content (AvgIpc) is 3.29. The lowest BCUT2D eigenvalue weighted by molar-refractivity contribution is -0.112. The summed E-state index contributed by atoms with van der Waals surface area (Å²) in [5, 5.41) is 8.48. The molecule has 0 radical (unpaired) electrons. The Kier molecular flexibility index (Phi) is 6.28. The first kappa shape index (κ1) is 21.5. The second-order valence-electron chi connectivity index (χ2n) is 7.58. The van der Waals surface area contributed by atoms with Gasteiger partial charge in [-0.25, -0.2) is 4.39 Å². The van der Waals surface area contributed by atoms with Gasteiger partial charge in [0.05, 0.1) is 6.61 Å². The maximum absolute atomic E-state index is 14.2. The highest BCUT2D eigenvalue weighted by molar-refractivity contribution is 7.98. The van der Waals surface area contributed by atoms with Crippen molar-refractivity contribution < 1.29 is 23.0 Å². The van der Waals surface area contributed by atoms with Gasteiger partial charge in [-0.05, 0) is 36.8 Å². The van der Waals surface area contributed by atoms with E-state index in [1.165, 1.54) is 23.9 Å². The van der Waals surface area contributed by atoms with E-state index in [-0.39, 0.29) is 19.0 Å². The summed E-state index contributed by atoms with van der Waals surface area (Å²) in [5.41, 5.74) is 3.39. The summed E-state index contributed by atoms with van der Waals surface area (Å²) < 4.78 is 37.5. The predicted molar refractivity (Wildman–Crippen MR) is 120 cm³/mol. The van der Waals surface area contributed by atoms with Crippen LogP contribution in [0.25, 0.3) is 0 Å². The topological polar surface area (TPSA) is 66.6 Å². The van der Waals surface area contributed by atoms with Crippen LogP contribution in [0, 0.1) is 12.7 Å². The largest absolute Gasteiger partial charge is 0.484 e. The van der Waals surface area contributed by atoms with Crippen molar-refractivity contribution in [3.8, 4) is 11.5 Å². The van der Waals surface area contributed by atoms with Gasteiger partial charge >= 0.3 is 0 Å². The minimum absolute atomic E-state index is 0.172. The first-order chi connectivity index (χ1) is 16.1. The fourth-order valence-electron chi connectivity index (χ4n) is 3.50. The first-order valence-corrected chi connectivity index (χ1v) is 11.4. The van der Waals surface area contributed by atoms with Crippen LogP contribution < -0.4 is 9.47 Å². The van der Waals surface area contributed by atoms with Gasteiger partial charge in [0.1, 0.15) is 17.3 Å². The van der Waals surface area contributed by atoms with Crippen LogP contribution in [0.2, 0.25) is 0 Å². The molecule has 1 aliphatic rings. The molecule has 0 amide bonds. The predicted octanol–water partition coefficient (Wildman–Crippen LogP) is 6.00. The van der Waals surface area contributed by atoms with Crippen molar-refractivity contribution in [1.82, 2.24) is 10.2 Å². The normalized spacial score (nSPS) is 15.0. The average molecular weight is 465 g/mol. The van der Waals surface area contributed by atoms with Gasteiger partial charge in [0.25, 0.3) is 11.1 Å². The minimum Gasteiger partial charge on any atom is -0.484 e. The van der Waals surface area contributed by atoms with Gasteiger partial charge in [-0.15, -0.1) is 10.2 Å². The molecule has 1 aromatic heterocycles. The van der Waals surface area contributed by atoms with E-state index in [4.69, 9.17) is 18.6 Å². The van der Waals surface area contributed by atoms with Crippen molar-refractivity contribution >= 4 is 11.8 Å². The number of halogens is 1. The third kappa shape index (κ3) is 5.18. The molecule has 6 nitrogen and oxygen atoms in total. The zero-order valence-corrected chi connectivity index (χ0v) is 18.7. The van der Waals surface area contributed by atoms with Gasteiger partial charge in [0.2, 0.25) is 6.29 Å². The van der Waals surface area contributed by atoms with E-state index in [1.807, 2.05) is 61.5 Å². The monoisotopic (exact) mass is 464 g/mol. The highest BCUT2D eigenvalue weighted by Gasteiger charge is 2.25. The first-order valence-electron chi connectivity index (χ1n) is 10.4. The van der Waals surface area contributed by atoms with Gasteiger partial charge < -0.3 is 18.6 Å². The van der Waals surface area contributed by atoms with E-state index in [2.05, 4.69) is 10.2 Å². The van der Waals surface area contributed by atoms with Crippen molar-refractivity contribution in [1.29, 1.82) is 0 Å². The van der Waals surface area contributed by atoms with E-state index in [0.717, 1.165) is 16.9 Å². The quantitative estimate of drug-likeness (QED) is 0.311. The van der Waals surface area contributed by atoms with Crippen LogP contribution in [0.1, 0.15) is 34.4 Å². The minimum atomic E-state index is -0.540. The fourth-order valence-corrected chi connectivity index (χ4v) is 4.25. The summed E-state index contributed by atoms with van der Waals surface area (Å²) in [6, 6.07) is 20.3. The van der Waals surface area contributed by atoms with Crippen molar-refractivity contribution in [2.45, 2.75) is 37.4 Å². The lowest BCUT2D eigenvalue weighted by Crippen LogP contribution is -2.19. The van der Waals surface area contributed by atoms with Crippen LogP contribution in [0.4, 0.5) is 4.39 Å². The highest BCUT2D eigenvalue weighted by atomic mass is 32.2. The number of benzene rings is 3. The van der Waals surface area contributed by atoms with Gasteiger partial charge in [-0.3, -0.25) is 0 Å². The zero-order chi connectivity index (χ0) is 22.6. The third-order valence-corrected chi connectivity index (χ3v) is 5.91. The number of hydrogen-bond acceptors (Lipinski definition) is 7. The van der Waals surface area contributed by atoms with Gasteiger partial charge in [-0.2, -0.15) is 0 Å². The van der Waals surface area contributed by atoms with Crippen LogP contribution in [0.15, 0.2) is 76.4 Å². The van der Waals surface area contributed by atoms with E-state index in [9.17, 15) is 4.39 Å². The molecule has 2 heterocycles. The summed E-state index contributed by atoms with van der Waals surface area (Å²) >= 11 is 1.31. The Bertz CT molecular complexity index is 1250. The van der Waals surface area contributed by atoms with Crippen molar-refractivity contribution in [2.24, 2.45) is 0 Å². The molecule has 1 aliphatic heterocycles. The Hall–Kier alpha value is -3.36. The molecule has 0 bridgehead atoms. The SMILES string of the molecule is Cc1cccc(OCc2nnc(SCc3cc(F)cc4c3O[C@@H](c3ccccc3)OC4)o2)c1. The molecule has 1 atom stereocenters. The molecule has 0 aliphatic carbocycles. The molecule has 3 aromatic carbocycles. The molecule has 0 N–H and O–H groups in total. The standard InChI is InChI=1S/C25H21FN2O4S/c1-16-6-5-9-21(10-16)29-14-22-27-28-25(31-22)33-15-19-12-20(26)11-18-13-30-24(32-23(18)19)17-7-3-2-4-8-17/h2-12,24H,13-15H2,1H3/t24-/m0/s1. The zero-order valence-electron chi connectivity index (χ0n) is 17.9. The van der Waals surface area contributed by atoms with Crippen LogP contribution >= 0.6 is 11.8 Å². The third-order valence-electron chi connectivity index (χ3n) is 5.05. The molecule has 0 unspecified atom stereocenters. The van der Waals surface area contributed by atoms with Crippen LogP contribution in [-0.4, -0.2) is 10.2 Å². The number of nitrogens with zero attached hydrogens (tertiary/aromatic N) is 2. The molecule has 4 aromatic rings. The van der Waals surface area contributed by atoms with Gasteiger partial charge in [0, 0.05) is 22.4 Å².